The molecule has 2 heterocycles. The lowest BCUT2D eigenvalue weighted by molar-refractivity contribution is -0.115. The van der Waals surface area contributed by atoms with Gasteiger partial charge in [-0.25, -0.2) is 0 Å². The maximum absolute atomic E-state index is 12.4. The van der Waals surface area contributed by atoms with Crippen LogP contribution in [0, 0.1) is 0 Å². The van der Waals surface area contributed by atoms with Gasteiger partial charge in [0.15, 0.2) is 0 Å². The van der Waals surface area contributed by atoms with E-state index in [1.807, 2.05) is 17.0 Å². The summed E-state index contributed by atoms with van der Waals surface area (Å²) in [5.41, 5.74) is 2.42. The fourth-order valence-corrected chi connectivity index (χ4v) is 2.66. The van der Waals surface area contributed by atoms with Gasteiger partial charge in [-0.3, -0.25) is 9.59 Å². The number of fused-ring (bicyclic) bond motifs is 1. The van der Waals surface area contributed by atoms with Crippen molar-refractivity contribution in [3.63, 3.8) is 0 Å². The van der Waals surface area contributed by atoms with E-state index in [0.717, 1.165) is 30.9 Å². The average Bonchev–Trinajstić information content (AvgIpc) is 2.76. The Bertz CT molecular complexity index is 541. The van der Waals surface area contributed by atoms with Gasteiger partial charge in [-0.05, 0) is 30.7 Å². The highest BCUT2D eigenvalue weighted by Crippen LogP contribution is 2.24. The number of carbonyl (C=O) groups is 2. The molecule has 0 aliphatic carbocycles. The van der Waals surface area contributed by atoms with Crippen LogP contribution in [-0.2, 0) is 11.2 Å². The van der Waals surface area contributed by atoms with Crippen molar-refractivity contribution >= 4 is 17.5 Å². The zero-order chi connectivity index (χ0) is 13.4. The van der Waals surface area contributed by atoms with Crippen LogP contribution in [0.5, 0.6) is 0 Å². The molecule has 0 aromatic heterocycles. The number of carbonyl (C=O) groups excluding carboxylic acids is 2. The fraction of sp³-hybridized carbons (Fsp3) is 0.429. The van der Waals surface area contributed by atoms with Gasteiger partial charge in [0, 0.05) is 36.9 Å². The van der Waals surface area contributed by atoms with Crippen molar-refractivity contribution in [2.45, 2.75) is 19.4 Å². The van der Waals surface area contributed by atoms with E-state index in [4.69, 9.17) is 0 Å². The van der Waals surface area contributed by atoms with Crippen molar-refractivity contribution in [3.8, 4) is 0 Å². The van der Waals surface area contributed by atoms with Gasteiger partial charge >= 0.3 is 0 Å². The molecular formula is C14H17N3O2. The molecule has 0 spiro atoms. The van der Waals surface area contributed by atoms with Gasteiger partial charge in [0.05, 0.1) is 6.42 Å². The Balaban J connectivity index is 1.81. The van der Waals surface area contributed by atoms with Crippen LogP contribution in [0.15, 0.2) is 18.2 Å². The first-order valence-corrected chi connectivity index (χ1v) is 6.59. The molecule has 0 radical (unpaired) electrons. The predicted octanol–water partition coefficient (Wildman–Crippen LogP) is 0.615. The topological polar surface area (TPSA) is 61.4 Å². The predicted molar refractivity (Wildman–Crippen MR) is 72.1 cm³/mol. The minimum absolute atomic E-state index is 0.00427. The fourth-order valence-electron chi connectivity index (χ4n) is 2.66. The first kappa shape index (κ1) is 12.2. The Kier molecular flexibility index (Phi) is 2.98. The summed E-state index contributed by atoms with van der Waals surface area (Å²) in [4.78, 5) is 25.6. The van der Waals surface area contributed by atoms with E-state index in [-0.39, 0.29) is 11.8 Å². The quantitative estimate of drug-likeness (QED) is 0.777. The number of piperazine rings is 1. The summed E-state index contributed by atoms with van der Waals surface area (Å²) in [6, 6.07) is 5.77. The van der Waals surface area contributed by atoms with Crippen molar-refractivity contribution in [2.75, 3.05) is 25.0 Å². The number of hydrogen-bond acceptors (Lipinski definition) is 3. The van der Waals surface area contributed by atoms with Crippen LogP contribution in [0.3, 0.4) is 0 Å². The standard InChI is InChI=1S/C14H17N3O2/c1-9-8-17(5-4-15-9)14(19)10-2-3-12-11(6-10)7-13(18)16-12/h2-3,6,9,15H,4-5,7-8H2,1H3,(H,16,18)/t9-/m1/s1. The maximum atomic E-state index is 12.4. The van der Waals surface area contributed by atoms with Crippen molar-refractivity contribution in [2.24, 2.45) is 0 Å². The second-order valence-corrected chi connectivity index (χ2v) is 5.20. The SMILES string of the molecule is C[C@@H]1CN(C(=O)c2ccc3c(c2)CC(=O)N3)CCN1. The summed E-state index contributed by atoms with van der Waals surface area (Å²) >= 11 is 0. The highest BCUT2D eigenvalue weighted by Gasteiger charge is 2.24. The lowest BCUT2D eigenvalue weighted by Gasteiger charge is -2.32. The molecule has 0 bridgehead atoms. The Morgan fingerprint density at radius 2 is 2.26 bits per heavy atom. The molecule has 1 fully saturated rings. The molecular weight excluding hydrogens is 242 g/mol. The van der Waals surface area contributed by atoms with E-state index >= 15 is 0 Å². The molecule has 5 heteroatoms. The third-order valence-electron chi connectivity index (χ3n) is 3.63. The van der Waals surface area contributed by atoms with E-state index in [1.54, 1.807) is 6.07 Å². The van der Waals surface area contributed by atoms with Crippen LogP contribution in [0.2, 0.25) is 0 Å². The molecule has 2 aliphatic heterocycles. The Morgan fingerprint density at radius 1 is 1.42 bits per heavy atom. The highest BCUT2D eigenvalue weighted by atomic mass is 16.2. The second kappa shape index (κ2) is 4.66. The molecule has 1 atom stereocenters. The number of amides is 2. The van der Waals surface area contributed by atoms with Crippen LogP contribution in [0.4, 0.5) is 5.69 Å². The van der Waals surface area contributed by atoms with E-state index in [2.05, 4.69) is 17.6 Å². The average molecular weight is 259 g/mol. The van der Waals surface area contributed by atoms with Gasteiger partial charge in [0.25, 0.3) is 5.91 Å². The van der Waals surface area contributed by atoms with Crippen LogP contribution in [0.1, 0.15) is 22.8 Å². The molecule has 0 unspecified atom stereocenters. The zero-order valence-corrected chi connectivity index (χ0v) is 10.9. The second-order valence-electron chi connectivity index (χ2n) is 5.20. The minimum Gasteiger partial charge on any atom is -0.336 e. The normalized spacial score (nSPS) is 22.1. The molecule has 19 heavy (non-hydrogen) atoms. The largest absolute Gasteiger partial charge is 0.336 e. The summed E-state index contributed by atoms with van der Waals surface area (Å²) < 4.78 is 0. The molecule has 0 saturated carbocycles. The first-order chi connectivity index (χ1) is 9.13. The van der Waals surface area contributed by atoms with E-state index < -0.39 is 0 Å². The molecule has 1 aromatic rings. The van der Waals surface area contributed by atoms with Crippen molar-refractivity contribution < 1.29 is 9.59 Å². The minimum atomic E-state index is -0.00427. The smallest absolute Gasteiger partial charge is 0.253 e. The van der Waals surface area contributed by atoms with E-state index in [9.17, 15) is 9.59 Å². The summed E-state index contributed by atoms with van der Waals surface area (Å²) in [6.07, 6.45) is 0.369. The number of nitrogens with one attached hydrogen (secondary N) is 2. The van der Waals surface area contributed by atoms with Gasteiger partial charge in [0.2, 0.25) is 5.91 Å². The number of anilines is 1. The van der Waals surface area contributed by atoms with Gasteiger partial charge < -0.3 is 15.5 Å². The summed E-state index contributed by atoms with van der Waals surface area (Å²) in [5.74, 6) is 0.0471. The summed E-state index contributed by atoms with van der Waals surface area (Å²) in [7, 11) is 0. The number of nitrogens with zero attached hydrogens (tertiary/aromatic N) is 1. The molecule has 3 rings (SSSR count). The van der Waals surface area contributed by atoms with Gasteiger partial charge in [0.1, 0.15) is 0 Å². The zero-order valence-electron chi connectivity index (χ0n) is 10.9. The molecule has 2 N–H and O–H groups in total. The third-order valence-corrected chi connectivity index (χ3v) is 3.63. The Hall–Kier alpha value is -1.88. The van der Waals surface area contributed by atoms with E-state index in [1.165, 1.54) is 0 Å². The number of benzene rings is 1. The van der Waals surface area contributed by atoms with Crippen molar-refractivity contribution in [1.29, 1.82) is 0 Å². The molecule has 5 nitrogen and oxygen atoms in total. The molecule has 100 valence electrons. The summed E-state index contributed by atoms with van der Waals surface area (Å²) in [5, 5.41) is 6.09. The summed E-state index contributed by atoms with van der Waals surface area (Å²) in [6.45, 7) is 4.37. The Labute approximate surface area is 112 Å². The van der Waals surface area contributed by atoms with Crippen molar-refractivity contribution in [3.05, 3.63) is 29.3 Å². The van der Waals surface area contributed by atoms with Crippen LogP contribution in [-0.4, -0.2) is 42.4 Å². The molecule has 1 aromatic carbocycles. The number of rotatable bonds is 1. The first-order valence-electron chi connectivity index (χ1n) is 6.59. The lowest BCUT2D eigenvalue weighted by Crippen LogP contribution is -2.51. The highest BCUT2D eigenvalue weighted by molar-refractivity contribution is 6.01. The Morgan fingerprint density at radius 3 is 3.05 bits per heavy atom. The molecule has 1 saturated heterocycles. The van der Waals surface area contributed by atoms with E-state index in [0.29, 0.717) is 18.0 Å². The third kappa shape index (κ3) is 2.33. The monoisotopic (exact) mass is 259 g/mol. The van der Waals surface area contributed by atoms with Crippen LogP contribution in [0.25, 0.3) is 0 Å². The van der Waals surface area contributed by atoms with Gasteiger partial charge in [-0.2, -0.15) is 0 Å². The van der Waals surface area contributed by atoms with Crippen LogP contribution >= 0.6 is 0 Å². The van der Waals surface area contributed by atoms with Crippen LogP contribution < -0.4 is 10.6 Å². The van der Waals surface area contributed by atoms with Crippen molar-refractivity contribution in [1.82, 2.24) is 10.2 Å². The lowest BCUT2D eigenvalue weighted by atomic mass is 10.1. The maximum Gasteiger partial charge on any atom is 0.253 e. The van der Waals surface area contributed by atoms with Gasteiger partial charge in [-0.15, -0.1) is 0 Å². The number of hydrogen-bond donors (Lipinski definition) is 2. The molecule has 2 aliphatic rings. The molecule has 2 amide bonds. The van der Waals surface area contributed by atoms with Gasteiger partial charge in [-0.1, -0.05) is 0 Å².